The van der Waals surface area contributed by atoms with Crippen LogP contribution in [0.1, 0.15) is 38.4 Å². The van der Waals surface area contributed by atoms with Gasteiger partial charge >= 0.3 is 0 Å². The lowest BCUT2D eigenvalue weighted by molar-refractivity contribution is 0.404. The molecule has 1 N–H and O–H groups in total. The van der Waals surface area contributed by atoms with Crippen molar-refractivity contribution < 1.29 is 0 Å². The molecule has 1 aromatic heterocycles. The molecule has 0 amide bonds. The van der Waals surface area contributed by atoms with Gasteiger partial charge in [-0.2, -0.15) is 0 Å². The number of nitrogens with zero attached hydrogens (tertiary/aromatic N) is 2. The minimum absolute atomic E-state index is 0.268. The Morgan fingerprint density at radius 3 is 2.95 bits per heavy atom. The highest BCUT2D eigenvalue weighted by atomic mass is 15.1. The Balaban J connectivity index is 1.95. The molecule has 0 atom stereocenters. The number of imidazole rings is 1. The normalized spacial score (nSPS) is 14.8. The second-order valence-electron chi connectivity index (χ2n) is 6.86. The van der Waals surface area contributed by atoms with Crippen LogP contribution in [0.2, 0.25) is 0 Å². The molecule has 1 aliphatic rings. The van der Waals surface area contributed by atoms with Gasteiger partial charge in [-0.1, -0.05) is 26.8 Å². The SMILES string of the molecule is CC(C)(C)Cc1cncn1-c1ccc2c(c1)NCCC2. The fourth-order valence-electron chi connectivity index (χ4n) is 2.83. The average molecular weight is 269 g/mol. The van der Waals surface area contributed by atoms with Gasteiger partial charge in [0.05, 0.1) is 6.33 Å². The highest BCUT2D eigenvalue weighted by molar-refractivity contribution is 5.58. The third kappa shape index (κ3) is 2.72. The third-order valence-corrected chi connectivity index (χ3v) is 3.74. The number of rotatable bonds is 2. The summed E-state index contributed by atoms with van der Waals surface area (Å²) in [6.45, 7) is 7.87. The van der Waals surface area contributed by atoms with E-state index in [0.717, 1.165) is 13.0 Å². The summed E-state index contributed by atoms with van der Waals surface area (Å²) in [6, 6.07) is 6.71. The maximum absolute atomic E-state index is 4.34. The zero-order valence-corrected chi connectivity index (χ0v) is 12.6. The van der Waals surface area contributed by atoms with Crippen LogP contribution in [-0.4, -0.2) is 16.1 Å². The lowest BCUT2D eigenvalue weighted by Gasteiger charge is -2.21. The van der Waals surface area contributed by atoms with Gasteiger partial charge in [-0.05, 0) is 42.4 Å². The summed E-state index contributed by atoms with van der Waals surface area (Å²) in [5.41, 5.74) is 5.45. The van der Waals surface area contributed by atoms with Gasteiger partial charge in [-0.25, -0.2) is 4.98 Å². The monoisotopic (exact) mass is 269 g/mol. The lowest BCUT2D eigenvalue weighted by atomic mass is 9.90. The topological polar surface area (TPSA) is 29.9 Å². The fraction of sp³-hybridized carbons (Fsp3) is 0.471. The molecule has 0 bridgehead atoms. The van der Waals surface area contributed by atoms with Crippen molar-refractivity contribution in [3.63, 3.8) is 0 Å². The standard InChI is InChI=1S/C17H23N3/c1-17(2,3)10-15-11-18-12-20(15)14-7-6-13-5-4-8-19-16(13)9-14/h6-7,9,11-12,19H,4-5,8,10H2,1-3H3. The van der Waals surface area contributed by atoms with Crippen molar-refractivity contribution in [3.8, 4) is 5.69 Å². The number of aromatic nitrogens is 2. The van der Waals surface area contributed by atoms with E-state index < -0.39 is 0 Å². The highest BCUT2D eigenvalue weighted by Gasteiger charge is 2.16. The predicted octanol–water partition coefficient (Wildman–Crippen LogP) is 3.82. The first-order chi connectivity index (χ1) is 9.53. The van der Waals surface area contributed by atoms with Gasteiger partial charge in [0.2, 0.25) is 0 Å². The first-order valence-corrected chi connectivity index (χ1v) is 7.41. The van der Waals surface area contributed by atoms with Crippen molar-refractivity contribution in [1.82, 2.24) is 9.55 Å². The van der Waals surface area contributed by atoms with Crippen LogP contribution in [0.3, 0.4) is 0 Å². The Morgan fingerprint density at radius 2 is 2.15 bits per heavy atom. The number of aryl methyl sites for hydroxylation is 1. The number of hydrogen-bond donors (Lipinski definition) is 1. The number of benzene rings is 1. The average Bonchev–Trinajstić information content (AvgIpc) is 2.84. The van der Waals surface area contributed by atoms with Crippen LogP contribution in [0.25, 0.3) is 5.69 Å². The van der Waals surface area contributed by atoms with Crippen molar-refractivity contribution in [2.24, 2.45) is 5.41 Å². The van der Waals surface area contributed by atoms with Gasteiger partial charge in [0.25, 0.3) is 0 Å². The first kappa shape index (κ1) is 13.2. The van der Waals surface area contributed by atoms with Crippen molar-refractivity contribution in [2.45, 2.75) is 40.0 Å². The molecule has 20 heavy (non-hydrogen) atoms. The molecule has 1 aromatic carbocycles. The highest BCUT2D eigenvalue weighted by Crippen LogP contribution is 2.27. The molecule has 0 aliphatic carbocycles. The zero-order chi connectivity index (χ0) is 14.2. The molecular formula is C17H23N3. The Bertz CT molecular complexity index is 605. The Labute approximate surface area is 121 Å². The molecule has 0 radical (unpaired) electrons. The Kier molecular flexibility index (Phi) is 3.28. The molecule has 0 spiro atoms. The number of fused-ring (bicyclic) bond motifs is 1. The van der Waals surface area contributed by atoms with Gasteiger partial charge in [-0.15, -0.1) is 0 Å². The van der Waals surface area contributed by atoms with Crippen molar-refractivity contribution in [1.29, 1.82) is 0 Å². The second-order valence-corrected chi connectivity index (χ2v) is 6.86. The molecular weight excluding hydrogens is 246 g/mol. The van der Waals surface area contributed by atoms with E-state index in [-0.39, 0.29) is 5.41 Å². The van der Waals surface area contributed by atoms with E-state index in [1.165, 1.54) is 35.5 Å². The molecule has 1 aliphatic heterocycles. The van der Waals surface area contributed by atoms with Gasteiger partial charge in [0.1, 0.15) is 0 Å². The third-order valence-electron chi connectivity index (χ3n) is 3.74. The van der Waals surface area contributed by atoms with Crippen LogP contribution in [0.4, 0.5) is 5.69 Å². The van der Waals surface area contributed by atoms with Crippen LogP contribution in [0, 0.1) is 5.41 Å². The maximum atomic E-state index is 4.34. The second kappa shape index (κ2) is 4.97. The van der Waals surface area contributed by atoms with E-state index in [1.807, 2.05) is 12.5 Å². The molecule has 0 unspecified atom stereocenters. The summed E-state index contributed by atoms with van der Waals surface area (Å²) in [5.74, 6) is 0. The van der Waals surface area contributed by atoms with E-state index in [0.29, 0.717) is 0 Å². The molecule has 106 valence electrons. The molecule has 3 heteroatoms. The number of nitrogens with one attached hydrogen (secondary N) is 1. The molecule has 0 fully saturated rings. The Hall–Kier alpha value is -1.77. The Morgan fingerprint density at radius 1 is 1.30 bits per heavy atom. The largest absolute Gasteiger partial charge is 0.385 e. The van der Waals surface area contributed by atoms with Crippen molar-refractivity contribution >= 4 is 5.69 Å². The van der Waals surface area contributed by atoms with E-state index in [1.54, 1.807) is 0 Å². The fourth-order valence-corrected chi connectivity index (χ4v) is 2.83. The van der Waals surface area contributed by atoms with Crippen LogP contribution >= 0.6 is 0 Å². The molecule has 3 rings (SSSR count). The van der Waals surface area contributed by atoms with E-state index in [2.05, 4.69) is 53.8 Å². The van der Waals surface area contributed by atoms with Crippen LogP contribution in [0.15, 0.2) is 30.7 Å². The maximum Gasteiger partial charge on any atom is 0.0994 e. The quantitative estimate of drug-likeness (QED) is 0.898. The van der Waals surface area contributed by atoms with E-state index >= 15 is 0 Å². The van der Waals surface area contributed by atoms with Gasteiger partial charge in [-0.3, -0.25) is 0 Å². The van der Waals surface area contributed by atoms with Gasteiger partial charge in [0.15, 0.2) is 0 Å². The minimum atomic E-state index is 0.268. The van der Waals surface area contributed by atoms with Gasteiger partial charge in [0, 0.05) is 29.8 Å². The van der Waals surface area contributed by atoms with Crippen molar-refractivity contribution in [2.75, 3.05) is 11.9 Å². The molecule has 2 aromatic rings. The van der Waals surface area contributed by atoms with Crippen LogP contribution < -0.4 is 5.32 Å². The minimum Gasteiger partial charge on any atom is -0.385 e. The van der Waals surface area contributed by atoms with Gasteiger partial charge < -0.3 is 9.88 Å². The van der Waals surface area contributed by atoms with Crippen LogP contribution in [0.5, 0.6) is 0 Å². The lowest BCUT2D eigenvalue weighted by Crippen LogP contribution is -2.14. The van der Waals surface area contributed by atoms with E-state index in [4.69, 9.17) is 0 Å². The van der Waals surface area contributed by atoms with Crippen LogP contribution in [-0.2, 0) is 12.8 Å². The summed E-state index contributed by atoms with van der Waals surface area (Å²) in [4.78, 5) is 4.34. The molecule has 0 saturated heterocycles. The summed E-state index contributed by atoms with van der Waals surface area (Å²) in [6.07, 6.45) is 7.34. The zero-order valence-electron chi connectivity index (χ0n) is 12.6. The summed E-state index contributed by atoms with van der Waals surface area (Å²) in [7, 11) is 0. The number of anilines is 1. The number of hydrogen-bond acceptors (Lipinski definition) is 2. The molecule has 2 heterocycles. The van der Waals surface area contributed by atoms with E-state index in [9.17, 15) is 0 Å². The first-order valence-electron chi connectivity index (χ1n) is 7.41. The summed E-state index contributed by atoms with van der Waals surface area (Å²) < 4.78 is 2.21. The smallest absolute Gasteiger partial charge is 0.0994 e. The van der Waals surface area contributed by atoms with Crippen molar-refractivity contribution in [3.05, 3.63) is 42.0 Å². The summed E-state index contributed by atoms with van der Waals surface area (Å²) in [5, 5.41) is 3.50. The molecule has 0 saturated carbocycles. The molecule has 3 nitrogen and oxygen atoms in total. The predicted molar refractivity (Wildman–Crippen MR) is 83.5 cm³/mol. The summed E-state index contributed by atoms with van der Waals surface area (Å²) >= 11 is 0.